The van der Waals surface area contributed by atoms with Gasteiger partial charge in [0.15, 0.2) is 0 Å². The van der Waals surface area contributed by atoms with Gasteiger partial charge in [-0.2, -0.15) is 0 Å². The number of ether oxygens (including phenoxy) is 2. The van der Waals surface area contributed by atoms with Crippen LogP contribution in [0.1, 0.15) is 28.9 Å². The van der Waals surface area contributed by atoms with Crippen LogP contribution in [0.4, 0.5) is 0 Å². The molecule has 3 rings (SSSR count). The van der Waals surface area contributed by atoms with Gasteiger partial charge in [0, 0.05) is 19.2 Å². The van der Waals surface area contributed by atoms with Gasteiger partial charge < -0.3 is 14.4 Å². The van der Waals surface area contributed by atoms with Gasteiger partial charge in [0.2, 0.25) is 5.88 Å². The molecule has 0 aliphatic carbocycles. The zero-order valence-corrected chi connectivity index (χ0v) is 14.6. The van der Waals surface area contributed by atoms with Gasteiger partial charge in [-0.25, -0.2) is 9.97 Å². The van der Waals surface area contributed by atoms with E-state index in [0.29, 0.717) is 44.1 Å². The Bertz CT molecular complexity index is 758. The summed E-state index contributed by atoms with van der Waals surface area (Å²) in [6.45, 7) is 1.38. The molecule has 1 saturated heterocycles. The number of carbonyl (C=O) groups is 2. The molecule has 136 valence electrons. The average Bonchev–Trinajstić information content (AvgIpc) is 2.72. The summed E-state index contributed by atoms with van der Waals surface area (Å²) < 4.78 is 10.4. The van der Waals surface area contributed by atoms with Crippen LogP contribution in [0.5, 0.6) is 5.88 Å². The first kappa shape index (κ1) is 17.8. The van der Waals surface area contributed by atoms with Gasteiger partial charge in [-0.1, -0.05) is 30.3 Å². The van der Waals surface area contributed by atoms with Crippen LogP contribution in [0.25, 0.3) is 0 Å². The standard InChI is InChI=1S/C19H21N3O4/c1-25-19(24)15-7-9-22(10-8-15)18(23)16-11-17(21-13-20-16)26-12-14-5-3-2-4-6-14/h2-6,11,13,15H,7-10,12H2,1H3. The largest absolute Gasteiger partial charge is 0.473 e. The number of aromatic nitrogens is 2. The molecule has 26 heavy (non-hydrogen) atoms. The number of rotatable bonds is 5. The van der Waals surface area contributed by atoms with Crippen molar-refractivity contribution < 1.29 is 19.1 Å². The van der Waals surface area contributed by atoms with Gasteiger partial charge in [-0.15, -0.1) is 0 Å². The van der Waals surface area contributed by atoms with Crippen molar-refractivity contribution in [3.05, 3.63) is 54.0 Å². The number of esters is 1. The molecule has 0 unspecified atom stereocenters. The topological polar surface area (TPSA) is 81.6 Å². The molecule has 2 aromatic rings. The van der Waals surface area contributed by atoms with E-state index in [9.17, 15) is 9.59 Å². The number of hydrogen-bond acceptors (Lipinski definition) is 6. The number of benzene rings is 1. The van der Waals surface area contributed by atoms with Crippen LogP contribution in [-0.4, -0.2) is 46.9 Å². The van der Waals surface area contributed by atoms with Crippen molar-refractivity contribution in [2.45, 2.75) is 19.4 Å². The molecule has 1 amide bonds. The van der Waals surface area contributed by atoms with Crippen molar-refractivity contribution >= 4 is 11.9 Å². The van der Waals surface area contributed by atoms with Crippen molar-refractivity contribution in [3.63, 3.8) is 0 Å². The molecule has 1 aliphatic rings. The number of methoxy groups -OCH3 is 1. The van der Waals surface area contributed by atoms with E-state index in [-0.39, 0.29) is 17.8 Å². The monoisotopic (exact) mass is 355 g/mol. The van der Waals surface area contributed by atoms with Crippen molar-refractivity contribution in [3.8, 4) is 5.88 Å². The summed E-state index contributed by atoms with van der Waals surface area (Å²) in [4.78, 5) is 34.0. The Morgan fingerprint density at radius 2 is 1.88 bits per heavy atom. The van der Waals surface area contributed by atoms with Gasteiger partial charge in [0.1, 0.15) is 18.6 Å². The first-order valence-electron chi connectivity index (χ1n) is 8.53. The van der Waals surface area contributed by atoms with E-state index in [1.54, 1.807) is 11.0 Å². The molecular weight excluding hydrogens is 334 g/mol. The fourth-order valence-corrected chi connectivity index (χ4v) is 2.91. The van der Waals surface area contributed by atoms with Crippen LogP contribution >= 0.6 is 0 Å². The molecule has 7 heteroatoms. The second-order valence-corrected chi connectivity index (χ2v) is 6.11. The van der Waals surface area contributed by atoms with E-state index in [4.69, 9.17) is 9.47 Å². The maximum atomic E-state index is 12.6. The van der Waals surface area contributed by atoms with E-state index in [2.05, 4.69) is 9.97 Å². The molecule has 1 fully saturated rings. The van der Waals surface area contributed by atoms with E-state index in [1.807, 2.05) is 30.3 Å². The zero-order chi connectivity index (χ0) is 18.4. The Morgan fingerprint density at radius 1 is 1.15 bits per heavy atom. The highest BCUT2D eigenvalue weighted by Crippen LogP contribution is 2.20. The Balaban J connectivity index is 1.59. The first-order valence-corrected chi connectivity index (χ1v) is 8.53. The maximum absolute atomic E-state index is 12.6. The molecule has 1 aliphatic heterocycles. The average molecular weight is 355 g/mol. The highest BCUT2D eigenvalue weighted by Gasteiger charge is 2.29. The van der Waals surface area contributed by atoms with Crippen molar-refractivity contribution in [1.29, 1.82) is 0 Å². The van der Waals surface area contributed by atoms with Crippen molar-refractivity contribution in [2.75, 3.05) is 20.2 Å². The smallest absolute Gasteiger partial charge is 0.308 e. The summed E-state index contributed by atoms with van der Waals surface area (Å²) in [6, 6.07) is 11.3. The molecular formula is C19H21N3O4. The number of carbonyl (C=O) groups excluding carboxylic acids is 2. The Labute approximate surface area is 152 Å². The summed E-state index contributed by atoms with van der Waals surface area (Å²) in [5.41, 5.74) is 1.31. The third-order valence-electron chi connectivity index (χ3n) is 4.41. The quantitative estimate of drug-likeness (QED) is 0.764. The third kappa shape index (κ3) is 4.36. The fraction of sp³-hybridized carbons (Fsp3) is 0.368. The lowest BCUT2D eigenvalue weighted by Crippen LogP contribution is -2.40. The number of hydrogen-bond donors (Lipinski definition) is 0. The lowest BCUT2D eigenvalue weighted by molar-refractivity contribution is -0.146. The van der Waals surface area contributed by atoms with Crippen LogP contribution < -0.4 is 4.74 Å². The van der Waals surface area contributed by atoms with Crippen molar-refractivity contribution in [1.82, 2.24) is 14.9 Å². The van der Waals surface area contributed by atoms with E-state index in [0.717, 1.165) is 5.56 Å². The first-order chi connectivity index (χ1) is 12.7. The van der Waals surface area contributed by atoms with E-state index >= 15 is 0 Å². The van der Waals surface area contributed by atoms with E-state index < -0.39 is 0 Å². The normalized spacial score (nSPS) is 14.7. The molecule has 0 bridgehead atoms. The lowest BCUT2D eigenvalue weighted by atomic mass is 9.97. The van der Waals surface area contributed by atoms with Crippen LogP contribution in [-0.2, 0) is 16.1 Å². The SMILES string of the molecule is COC(=O)C1CCN(C(=O)c2cc(OCc3ccccc3)ncn2)CC1. The molecule has 0 atom stereocenters. The van der Waals surface area contributed by atoms with E-state index in [1.165, 1.54) is 13.4 Å². The maximum Gasteiger partial charge on any atom is 0.308 e. The molecule has 1 aromatic heterocycles. The fourth-order valence-electron chi connectivity index (χ4n) is 2.91. The van der Waals surface area contributed by atoms with Crippen LogP contribution in [0.15, 0.2) is 42.7 Å². The van der Waals surface area contributed by atoms with Crippen LogP contribution in [0.2, 0.25) is 0 Å². The minimum Gasteiger partial charge on any atom is -0.473 e. The molecule has 2 heterocycles. The Morgan fingerprint density at radius 3 is 2.58 bits per heavy atom. The highest BCUT2D eigenvalue weighted by molar-refractivity contribution is 5.92. The molecule has 0 radical (unpaired) electrons. The number of amides is 1. The Kier molecular flexibility index (Phi) is 5.78. The van der Waals surface area contributed by atoms with Crippen LogP contribution in [0.3, 0.4) is 0 Å². The number of nitrogens with zero attached hydrogens (tertiary/aromatic N) is 3. The van der Waals surface area contributed by atoms with Gasteiger partial charge in [-0.05, 0) is 18.4 Å². The molecule has 0 saturated carbocycles. The molecule has 0 N–H and O–H groups in total. The second-order valence-electron chi connectivity index (χ2n) is 6.11. The minimum atomic E-state index is -0.212. The molecule has 7 nitrogen and oxygen atoms in total. The summed E-state index contributed by atoms with van der Waals surface area (Å²) in [5.74, 6) is -0.174. The zero-order valence-electron chi connectivity index (χ0n) is 14.6. The minimum absolute atomic E-state index is 0.140. The Hall–Kier alpha value is -2.96. The summed E-state index contributed by atoms with van der Waals surface area (Å²) >= 11 is 0. The predicted molar refractivity (Wildman–Crippen MR) is 93.4 cm³/mol. The number of piperidine rings is 1. The number of likely N-dealkylation sites (tertiary alicyclic amines) is 1. The molecule has 0 spiro atoms. The van der Waals surface area contributed by atoms with Gasteiger partial charge in [0.05, 0.1) is 13.0 Å². The highest BCUT2D eigenvalue weighted by atomic mass is 16.5. The van der Waals surface area contributed by atoms with Crippen molar-refractivity contribution in [2.24, 2.45) is 5.92 Å². The summed E-state index contributed by atoms with van der Waals surface area (Å²) in [5, 5.41) is 0. The third-order valence-corrected chi connectivity index (χ3v) is 4.41. The summed E-state index contributed by atoms with van der Waals surface area (Å²) in [6.07, 6.45) is 2.52. The van der Waals surface area contributed by atoms with Crippen LogP contribution in [0, 0.1) is 5.92 Å². The van der Waals surface area contributed by atoms with Gasteiger partial charge in [-0.3, -0.25) is 9.59 Å². The van der Waals surface area contributed by atoms with Gasteiger partial charge in [0.25, 0.3) is 5.91 Å². The lowest BCUT2D eigenvalue weighted by Gasteiger charge is -2.30. The summed E-state index contributed by atoms with van der Waals surface area (Å²) in [7, 11) is 1.39. The predicted octanol–water partition coefficient (Wildman–Crippen LogP) is 2.08. The van der Waals surface area contributed by atoms with Gasteiger partial charge >= 0.3 is 5.97 Å². The second kappa shape index (κ2) is 8.42. The molecule has 1 aromatic carbocycles.